The fourth-order valence-corrected chi connectivity index (χ4v) is 10.8. The van der Waals surface area contributed by atoms with Crippen molar-refractivity contribution in [3.63, 3.8) is 0 Å². The van der Waals surface area contributed by atoms with Gasteiger partial charge in [0.2, 0.25) is 29.5 Å². The zero-order chi connectivity index (χ0) is 68.4. The lowest BCUT2D eigenvalue weighted by Crippen LogP contribution is -2.59. The van der Waals surface area contributed by atoms with Crippen LogP contribution in [-0.2, 0) is 71.6 Å². The van der Waals surface area contributed by atoms with Crippen LogP contribution in [0.3, 0.4) is 0 Å². The van der Waals surface area contributed by atoms with Gasteiger partial charge in [0.05, 0.1) is 65.2 Å². The van der Waals surface area contributed by atoms with Crippen LogP contribution in [0, 0.1) is 0 Å². The number of imide groups is 1. The van der Waals surface area contributed by atoms with E-state index in [2.05, 4.69) is 33.5 Å². The third kappa shape index (κ3) is 27.7. The summed E-state index contributed by atoms with van der Waals surface area (Å²) in [5.41, 5.74) is 0. The van der Waals surface area contributed by atoms with Gasteiger partial charge in [-0.25, -0.2) is 4.79 Å². The van der Waals surface area contributed by atoms with Gasteiger partial charge in [0, 0.05) is 45.4 Å². The zero-order valence-corrected chi connectivity index (χ0v) is 53.0. The minimum Gasteiger partial charge on any atom is -0.394 e. The fraction of sp³-hybridized carbons (Fsp3) is 0.864. The quantitative estimate of drug-likeness (QED) is 0.0199. The molecule has 4 rings (SSSR count). The standard InChI is InChI=1S/C59H103N7O27/c1-2-3-4-5-6-7-8-9-10-11-12-13-14-18-40(70)64-35(19-22-45(75)93-66-43(73)20-21-44(66)74)55(85)62-23-16-15-17-36(56(86)63-26-29-89-59-54(84)51(81)48(78)39(34-69)92-59)65(30-41(71)60-24-27-87-57-52(82)49(79)46(76)37(32-67)90-57)31-42(72)61-25-28-88-58-53(83)50(80)47(77)38(33-68)91-58/h35-39,46-54,57-59,67-69,76-84H,2-34H2,1H3,(H,60,71)(H,61,72)(H,62,85)(H,63,86)(H,64,70)/t35?,36?,37-,38+,39-,46-,47+,48-,49+,50-,51+,52+,53-,54+,57+,58-,59+/m0/s1. The second-order valence-electron chi connectivity index (χ2n) is 23.6. The second-order valence-corrected chi connectivity index (χ2v) is 23.6. The minimum atomic E-state index is -1.78. The van der Waals surface area contributed by atoms with Crippen molar-refractivity contribution in [1.82, 2.24) is 36.5 Å². The Bertz CT molecular complexity index is 2170. The lowest BCUT2D eigenvalue weighted by Gasteiger charge is -2.39. The third-order valence-corrected chi connectivity index (χ3v) is 16.3. The molecular formula is C59H103N7O27. The molecule has 0 saturated carbocycles. The van der Waals surface area contributed by atoms with Crippen molar-refractivity contribution < 1.29 is 133 Å². The van der Waals surface area contributed by atoms with E-state index in [0.29, 0.717) is 11.5 Å². The number of amides is 7. The van der Waals surface area contributed by atoms with E-state index in [1.54, 1.807) is 0 Å². The Morgan fingerprint density at radius 3 is 1.29 bits per heavy atom. The van der Waals surface area contributed by atoms with Crippen molar-refractivity contribution in [2.45, 2.75) is 246 Å². The first kappa shape index (κ1) is 80.6. The number of nitrogens with zero attached hydrogens (tertiary/aromatic N) is 2. The van der Waals surface area contributed by atoms with Crippen LogP contribution >= 0.6 is 0 Å². The molecule has 4 saturated heterocycles. The van der Waals surface area contributed by atoms with Gasteiger partial charge in [0.15, 0.2) is 18.9 Å². The maximum atomic E-state index is 14.4. The number of unbranched alkanes of at least 4 members (excludes halogenated alkanes) is 13. The van der Waals surface area contributed by atoms with Crippen molar-refractivity contribution in [1.29, 1.82) is 0 Å². The summed E-state index contributed by atoms with van der Waals surface area (Å²) in [5, 5.41) is 135. The van der Waals surface area contributed by atoms with Gasteiger partial charge in [0.25, 0.3) is 11.8 Å². The molecule has 34 nitrogen and oxygen atoms in total. The van der Waals surface area contributed by atoms with Crippen LogP contribution in [0.1, 0.15) is 142 Å². The zero-order valence-electron chi connectivity index (χ0n) is 53.0. The van der Waals surface area contributed by atoms with Crippen LogP contribution in [0.25, 0.3) is 0 Å². The molecular weight excluding hydrogens is 1240 g/mol. The van der Waals surface area contributed by atoms with E-state index in [-0.39, 0.29) is 84.3 Å². The van der Waals surface area contributed by atoms with E-state index in [0.717, 1.165) is 32.1 Å². The fourth-order valence-electron chi connectivity index (χ4n) is 10.8. The van der Waals surface area contributed by atoms with Crippen LogP contribution in [0.5, 0.6) is 0 Å². The highest BCUT2D eigenvalue weighted by Gasteiger charge is 2.47. The number of rotatable bonds is 46. The largest absolute Gasteiger partial charge is 0.394 e. The Labute approximate surface area is 540 Å². The molecule has 34 heteroatoms. The summed E-state index contributed by atoms with van der Waals surface area (Å²) in [6, 6.07) is -2.66. The van der Waals surface area contributed by atoms with Crippen LogP contribution in [-0.4, -0.2) is 302 Å². The Morgan fingerprint density at radius 1 is 0.473 bits per heavy atom. The predicted octanol–water partition coefficient (Wildman–Crippen LogP) is -5.90. The number of aliphatic hydroxyl groups excluding tert-OH is 12. The first-order valence-electron chi connectivity index (χ1n) is 32.5. The van der Waals surface area contributed by atoms with Gasteiger partial charge >= 0.3 is 5.97 Å². The number of ether oxygens (including phenoxy) is 6. The normalized spacial score (nSPS) is 28.0. The van der Waals surface area contributed by atoms with Crippen molar-refractivity contribution in [2.24, 2.45) is 0 Å². The van der Waals surface area contributed by atoms with Gasteiger partial charge in [-0.1, -0.05) is 84.0 Å². The van der Waals surface area contributed by atoms with Crippen LogP contribution < -0.4 is 26.6 Å². The van der Waals surface area contributed by atoms with E-state index in [4.69, 9.17) is 33.3 Å². The molecule has 4 heterocycles. The Morgan fingerprint density at radius 2 is 0.871 bits per heavy atom. The monoisotopic (exact) mass is 1340 g/mol. The maximum absolute atomic E-state index is 14.4. The molecule has 93 heavy (non-hydrogen) atoms. The van der Waals surface area contributed by atoms with Gasteiger partial charge in [-0.2, -0.15) is 0 Å². The van der Waals surface area contributed by atoms with Crippen molar-refractivity contribution in [3.05, 3.63) is 0 Å². The lowest BCUT2D eigenvalue weighted by molar-refractivity contribution is -0.300. The van der Waals surface area contributed by atoms with Gasteiger partial charge in [-0.05, 0) is 32.1 Å². The third-order valence-electron chi connectivity index (χ3n) is 16.3. The van der Waals surface area contributed by atoms with E-state index in [9.17, 15) is 99.6 Å². The smallest absolute Gasteiger partial charge is 0.333 e. The van der Waals surface area contributed by atoms with Crippen molar-refractivity contribution in [2.75, 3.05) is 78.9 Å². The number of aliphatic hydroxyl groups is 12. The summed E-state index contributed by atoms with van der Waals surface area (Å²) < 4.78 is 32.6. The molecule has 536 valence electrons. The summed E-state index contributed by atoms with van der Waals surface area (Å²) >= 11 is 0. The highest BCUT2D eigenvalue weighted by atomic mass is 16.7. The SMILES string of the molecule is CCCCCCCCCCCCCCCC(=O)NC(CCC(=O)ON1C(=O)CCC1=O)C(=O)NCCCCC(C(=O)NCCO[C@@H]1O[C@@H](CO)[C@H](O)[C@@H](O)[C@H]1O)N(CC(=O)NCCO[C@H]1O[C@H](CO)[C@@H](O)[C@H](O)[C@@H]1O)CC(=O)NCCO[C@@H]1O[C@@H](CO)[C@H](O)[C@@H](O)[C@H]1O. The molecule has 4 fully saturated rings. The number of hydrogen-bond acceptors (Lipinski definition) is 28. The molecule has 0 bridgehead atoms. The predicted molar refractivity (Wildman–Crippen MR) is 319 cm³/mol. The molecule has 17 N–H and O–H groups in total. The number of hydroxylamine groups is 2. The number of carbonyl (C=O) groups excluding carboxylic acids is 8. The number of nitrogens with one attached hydrogen (secondary N) is 5. The first-order valence-corrected chi connectivity index (χ1v) is 32.5. The van der Waals surface area contributed by atoms with Gasteiger partial charge in [-0.15, -0.1) is 5.06 Å². The average Bonchev–Trinajstić information content (AvgIpc) is 1.67. The van der Waals surface area contributed by atoms with Crippen LogP contribution in [0.4, 0.5) is 0 Å². The van der Waals surface area contributed by atoms with Gasteiger partial charge in [0.1, 0.15) is 79.3 Å². The highest BCUT2D eigenvalue weighted by Crippen LogP contribution is 2.25. The number of carbonyl (C=O) groups is 8. The maximum Gasteiger partial charge on any atom is 0.333 e. The van der Waals surface area contributed by atoms with Crippen LogP contribution in [0.2, 0.25) is 0 Å². The molecule has 4 aliphatic heterocycles. The molecule has 0 aromatic rings. The molecule has 0 radical (unpaired) electrons. The lowest BCUT2D eigenvalue weighted by atomic mass is 9.99. The molecule has 4 aliphatic rings. The molecule has 0 aliphatic carbocycles. The van der Waals surface area contributed by atoms with Gasteiger partial charge in [-0.3, -0.25) is 38.5 Å². The molecule has 7 amide bonds. The second kappa shape index (κ2) is 44.1. The highest BCUT2D eigenvalue weighted by molar-refractivity contribution is 6.01. The Kier molecular flexibility index (Phi) is 38.2. The molecule has 0 aromatic heterocycles. The van der Waals surface area contributed by atoms with E-state index in [1.165, 1.54) is 49.8 Å². The molecule has 17 atom stereocenters. The number of hydrogen-bond donors (Lipinski definition) is 17. The summed E-state index contributed by atoms with van der Waals surface area (Å²) in [6.07, 6.45) is -10.9. The minimum absolute atomic E-state index is 0.0830. The van der Waals surface area contributed by atoms with Crippen molar-refractivity contribution in [3.8, 4) is 0 Å². The Hall–Kier alpha value is -4.80. The molecule has 0 spiro atoms. The van der Waals surface area contributed by atoms with E-state index in [1.807, 2.05) is 0 Å². The summed E-state index contributed by atoms with van der Waals surface area (Å²) in [7, 11) is 0. The Balaban J connectivity index is 1.46. The van der Waals surface area contributed by atoms with Gasteiger partial charge < -0.3 is 121 Å². The average molecular weight is 1340 g/mol. The first-order chi connectivity index (χ1) is 44.6. The van der Waals surface area contributed by atoms with E-state index < -0.39 is 197 Å². The van der Waals surface area contributed by atoms with Crippen LogP contribution in [0.15, 0.2) is 0 Å². The summed E-state index contributed by atoms with van der Waals surface area (Å²) in [4.78, 5) is 112. The van der Waals surface area contributed by atoms with Crippen molar-refractivity contribution >= 4 is 47.3 Å². The topological polar surface area (TPSA) is 511 Å². The molecule has 2 unspecified atom stereocenters. The molecule has 0 aromatic carbocycles. The summed E-state index contributed by atoms with van der Waals surface area (Å²) in [5.74, 6) is -5.98. The summed E-state index contributed by atoms with van der Waals surface area (Å²) in [6.45, 7) is -3.56. The van der Waals surface area contributed by atoms with E-state index >= 15 is 0 Å².